The van der Waals surface area contributed by atoms with Crippen LogP contribution in [0.25, 0.3) is 0 Å². The Morgan fingerprint density at radius 1 is 0.968 bits per heavy atom. The van der Waals surface area contributed by atoms with E-state index in [1.807, 2.05) is 0 Å². The number of rotatable bonds is 5. The molecule has 31 heavy (non-hydrogen) atoms. The second-order valence-corrected chi connectivity index (χ2v) is 8.21. The van der Waals surface area contributed by atoms with Gasteiger partial charge in [-0.1, -0.05) is 6.92 Å². The predicted octanol–water partition coefficient (Wildman–Crippen LogP) is 3.88. The zero-order valence-electron chi connectivity index (χ0n) is 17.9. The maximum Gasteiger partial charge on any atom is 0.255 e. The molecule has 2 aromatic carbocycles. The van der Waals surface area contributed by atoms with Gasteiger partial charge >= 0.3 is 0 Å². The maximum absolute atomic E-state index is 12.9. The molecule has 1 N–H and O–H groups in total. The Morgan fingerprint density at radius 2 is 1.68 bits per heavy atom. The highest BCUT2D eigenvalue weighted by Gasteiger charge is 2.49. The summed E-state index contributed by atoms with van der Waals surface area (Å²) in [5.41, 5.74) is 1.43. The number of fused-ring (bicyclic) bond motifs is 1. The van der Waals surface area contributed by atoms with E-state index in [9.17, 15) is 14.4 Å². The Morgan fingerprint density at radius 3 is 2.35 bits per heavy atom. The van der Waals surface area contributed by atoms with Crippen LogP contribution >= 0.6 is 0 Å². The smallest absolute Gasteiger partial charge is 0.255 e. The Balaban J connectivity index is 1.50. The molecule has 2 aromatic rings. The zero-order chi connectivity index (χ0) is 22.1. The molecule has 0 aromatic heterocycles. The van der Waals surface area contributed by atoms with E-state index in [1.165, 1.54) is 12.0 Å². The Kier molecular flexibility index (Phi) is 5.67. The number of nitrogens with zero attached hydrogens (tertiary/aromatic N) is 1. The molecule has 0 radical (unpaired) electrons. The second kappa shape index (κ2) is 8.41. The summed E-state index contributed by atoms with van der Waals surface area (Å²) in [7, 11) is 3.07. The molecule has 1 saturated heterocycles. The van der Waals surface area contributed by atoms with Crippen molar-refractivity contribution in [2.24, 2.45) is 17.8 Å². The molecule has 1 aliphatic carbocycles. The minimum absolute atomic E-state index is 0.123. The molecule has 2 fully saturated rings. The van der Waals surface area contributed by atoms with Crippen LogP contribution in [0.15, 0.2) is 42.5 Å². The molecule has 7 heteroatoms. The van der Waals surface area contributed by atoms with Gasteiger partial charge in [0.25, 0.3) is 5.91 Å². The summed E-state index contributed by atoms with van der Waals surface area (Å²) in [6.07, 6.45) is 2.50. The van der Waals surface area contributed by atoms with E-state index in [2.05, 4.69) is 12.2 Å². The highest BCUT2D eigenvalue weighted by atomic mass is 16.5. The normalized spacial score (nSPS) is 22.8. The number of ether oxygens (including phenoxy) is 2. The lowest BCUT2D eigenvalue weighted by Gasteiger charge is -2.25. The fraction of sp³-hybridized carbons (Fsp3) is 0.375. The van der Waals surface area contributed by atoms with Crippen molar-refractivity contribution in [2.45, 2.75) is 26.2 Å². The van der Waals surface area contributed by atoms with Crippen molar-refractivity contribution in [1.29, 1.82) is 0 Å². The monoisotopic (exact) mass is 422 g/mol. The average Bonchev–Trinajstić information content (AvgIpc) is 3.03. The van der Waals surface area contributed by atoms with Gasteiger partial charge in [-0.05, 0) is 61.6 Å². The summed E-state index contributed by atoms with van der Waals surface area (Å²) >= 11 is 0. The predicted molar refractivity (Wildman–Crippen MR) is 116 cm³/mol. The molecule has 3 atom stereocenters. The number of methoxy groups -OCH3 is 2. The van der Waals surface area contributed by atoms with Gasteiger partial charge in [-0.15, -0.1) is 0 Å². The summed E-state index contributed by atoms with van der Waals surface area (Å²) in [6, 6.07) is 11.6. The third-order valence-electron chi connectivity index (χ3n) is 6.23. The fourth-order valence-electron chi connectivity index (χ4n) is 4.50. The minimum Gasteiger partial charge on any atom is -0.497 e. The molecule has 1 heterocycles. The first-order valence-electron chi connectivity index (χ1n) is 10.4. The van der Waals surface area contributed by atoms with Crippen LogP contribution in [0, 0.1) is 17.8 Å². The van der Waals surface area contributed by atoms with E-state index in [1.54, 1.807) is 49.6 Å². The Bertz CT molecular complexity index is 1020. The summed E-state index contributed by atoms with van der Waals surface area (Å²) < 4.78 is 10.5. The molecular weight excluding hydrogens is 396 g/mol. The number of imide groups is 1. The van der Waals surface area contributed by atoms with Crippen molar-refractivity contribution in [3.8, 4) is 11.5 Å². The maximum atomic E-state index is 12.9. The molecule has 162 valence electrons. The van der Waals surface area contributed by atoms with Crippen molar-refractivity contribution in [1.82, 2.24) is 0 Å². The SMILES string of the molecule is COc1ccc(NC(=O)c2ccc(N3C(=O)[C@H]4C[C@H](C)CC[C@H]4C3=O)cc2)c(OC)c1. The van der Waals surface area contributed by atoms with Crippen molar-refractivity contribution in [3.05, 3.63) is 48.0 Å². The lowest BCUT2D eigenvalue weighted by Crippen LogP contribution is -2.30. The first-order chi connectivity index (χ1) is 14.9. The van der Waals surface area contributed by atoms with E-state index in [0.29, 0.717) is 34.4 Å². The Labute approximate surface area is 181 Å². The van der Waals surface area contributed by atoms with Gasteiger partial charge in [-0.25, -0.2) is 0 Å². The highest BCUT2D eigenvalue weighted by molar-refractivity contribution is 6.22. The van der Waals surface area contributed by atoms with Gasteiger partial charge in [0, 0.05) is 11.6 Å². The number of carbonyl (C=O) groups is 3. The van der Waals surface area contributed by atoms with Gasteiger partial charge in [0.05, 0.1) is 37.4 Å². The average molecular weight is 422 g/mol. The molecule has 2 aliphatic rings. The third-order valence-corrected chi connectivity index (χ3v) is 6.23. The van der Waals surface area contributed by atoms with Crippen LogP contribution in [-0.4, -0.2) is 31.9 Å². The van der Waals surface area contributed by atoms with E-state index < -0.39 is 0 Å². The summed E-state index contributed by atoms with van der Waals surface area (Å²) in [5, 5.41) is 2.81. The molecule has 7 nitrogen and oxygen atoms in total. The number of amides is 3. The third kappa shape index (κ3) is 3.87. The van der Waals surface area contributed by atoms with Crippen molar-refractivity contribution in [2.75, 3.05) is 24.4 Å². The van der Waals surface area contributed by atoms with Crippen LogP contribution in [0.2, 0.25) is 0 Å². The van der Waals surface area contributed by atoms with Crippen LogP contribution in [-0.2, 0) is 9.59 Å². The first kappa shape index (κ1) is 20.9. The van der Waals surface area contributed by atoms with Gasteiger partial charge in [0.15, 0.2) is 0 Å². The van der Waals surface area contributed by atoms with Gasteiger partial charge in [-0.2, -0.15) is 0 Å². The number of nitrogens with one attached hydrogen (secondary N) is 1. The molecule has 0 spiro atoms. The molecule has 1 saturated carbocycles. The summed E-state index contributed by atoms with van der Waals surface area (Å²) in [6.45, 7) is 2.13. The number of carbonyl (C=O) groups excluding carboxylic acids is 3. The van der Waals surface area contributed by atoms with E-state index in [4.69, 9.17) is 9.47 Å². The van der Waals surface area contributed by atoms with E-state index >= 15 is 0 Å². The van der Waals surface area contributed by atoms with E-state index in [0.717, 1.165) is 19.3 Å². The van der Waals surface area contributed by atoms with Gasteiger partial charge < -0.3 is 14.8 Å². The largest absolute Gasteiger partial charge is 0.497 e. The van der Waals surface area contributed by atoms with Crippen molar-refractivity contribution in [3.63, 3.8) is 0 Å². The molecule has 0 bridgehead atoms. The van der Waals surface area contributed by atoms with Crippen LogP contribution in [0.5, 0.6) is 11.5 Å². The van der Waals surface area contributed by atoms with Gasteiger partial charge in [-0.3, -0.25) is 19.3 Å². The van der Waals surface area contributed by atoms with Crippen molar-refractivity contribution >= 4 is 29.1 Å². The molecular formula is C24H26N2O5. The molecule has 4 rings (SSSR count). The Hall–Kier alpha value is -3.35. The van der Waals surface area contributed by atoms with Gasteiger partial charge in [0.1, 0.15) is 11.5 Å². The van der Waals surface area contributed by atoms with E-state index in [-0.39, 0.29) is 29.6 Å². The first-order valence-corrected chi connectivity index (χ1v) is 10.4. The van der Waals surface area contributed by atoms with Crippen LogP contribution in [0.3, 0.4) is 0 Å². The number of hydrogen-bond donors (Lipinski definition) is 1. The molecule has 3 amide bonds. The van der Waals surface area contributed by atoms with Crippen molar-refractivity contribution < 1.29 is 23.9 Å². The summed E-state index contributed by atoms with van der Waals surface area (Å²) in [5.74, 6) is 0.554. The fourth-order valence-corrected chi connectivity index (χ4v) is 4.50. The minimum atomic E-state index is -0.323. The molecule has 0 unspecified atom stereocenters. The zero-order valence-corrected chi connectivity index (χ0v) is 17.9. The second-order valence-electron chi connectivity index (χ2n) is 8.21. The van der Waals surface area contributed by atoms with Gasteiger partial charge in [0.2, 0.25) is 11.8 Å². The number of hydrogen-bond acceptors (Lipinski definition) is 5. The number of benzene rings is 2. The highest BCUT2D eigenvalue weighted by Crippen LogP contribution is 2.42. The van der Waals surface area contributed by atoms with Crippen LogP contribution < -0.4 is 19.7 Å². The molecule has 1 aliphatic heterocycles. The quantitative estimate of drug-likeness (QED) is 0.739. The topological polar surface area (TPSA) is 84.9 Å². The van der Waals surface area contributed by atoms with Crippen LogP contribution in [0.1, 0.15) is 36.5 Å². The standard InChI is InChI=1S/C24H26N2O5/c1-14-4-10-18-19(12-14)24(29)26(23(18)28)16-7-5-15(6-8-16)22(27)25-20-11-9-17(30-2)13-21(20)31-3/h5-9,11,13-14,18-19H,4,10,12H2,1-3H3,(H,25,27)/t14-,18-,19+/m1/s1. The summed E-state index contributed by atoms with van der Waals surface area (Å²) in [4.78, 5) is 39.7. The van der Waals surface area contributed by atoms with Crippen LogP contribution in [0.4, 0.5) is 11.4 Å². The lowest BCUT2D eigenvalue weighted by atomic mass is 9.76. The number of anilines is 2. The lowest BCUT2D eigenvalue weighted by molar-refractivity contribution is -0.122.